The van der Waals surface area contributed by atoms with E-state index in [4.69, 9.17) is 8.83 Å². The molecule has 2 aliphatic rings. The van der Waals surface area contributed by atoms with Gasteiger partial charge in [0.2, 0.25) is 0 Å². The van der Waals surface area contributed by atoms with Gasteiger partial charge < -0.3 is 18.6 Å². The molecule has 0 N–H and O–H groups in total. The molecule has 4 heterocycles. The fourth-order valence-electron chi connectivity index (χ4n) is 11.6. The first-order chi connectivity index (χ1) is 32.1. The second-order valence-corrected chi connectivity index (χ2v) is 28.0. The van der Waals surface area contributed by atoms with E-state index < -0.39 is 16.1 Å². The third-order valence-corrected chi connectivity index (χ3v) is 21.9. The molecule has 4 nitrogen and oxygen atoms in total. The highest BCUT2D eigenvalue weighted by atomic mass is 28.3. The van der Waals surface area contributed by atoms with Crippen molar-refractivity contribution in [1.29, 1.82) is 0 Å². The Hall–Kier alpha value is -7.39. The third-order valence-electron chi connectivity index (χ3n) is 14.9. The van der Waals surface area contributed by atoms with E-state index in [2.05, 4.69) is 232 Å². The smallest absolute Gasteiger partial charge is 0.160 e. The molecule has 66 heavy (non-hydrogen) atoms. The number of rotatable bonds is 6. The zero-order valence-corrected chi connectivity index (χ0v) is 40.0. The summed E-state index contributed by atoms with van der Waals surface area (Å²) in [5, 5.41) is 10.6. The van der Waals surface area contributed by atoms with Crippen LogP contribution in [0, 0.1) is 13.8 Å². The molecule has 6 heteroatoms. The van der Waals surface area contributed by atoms with Crippen LogP contribution in [0.3, 0.4) is 0 Å². The third kappa shape index (κ3) is 5.37. The number of hydrogen-bond acceptors (Lipinski definition) is 4. The molecule has 0 saturated heterocycles. The van der Waals surface area contributed by atoms with Crippen molar-refractivity contribution in [3.05, 3.63) is 193 Å². The predicted octanol–water partition coefficient (Wildman–Crippen LogP) is 14.6. The van der Waals surface area contributed by atoms with Crippen molar-refractivity contribution in [2.75, 3.05) is 9.80 Å². The van der Waals surface area contributed by atoms with Gasteiger partial charge in [0.05, 0.1) is 11.4 Å². The van der Waals surface area contributed by atoms with Gasteiger partial charge in [-0.25, -0.2) is 0 Å². The number of furan rings is 2. The largest absolute Gasteiger partial charge is 0.454 e. The van der Waals surface area contributed by atoms with Crippen LogP contribution in [0.5, 0.6) is 0 Å². The Kier molecular flexibility index (Phi) is 8.31. The summed E-state index contributed by atoms with van der Waals surface area (Å²) in [4.78, 5) is 4.85. The number of para-hydroxylation sites is 6. The fraction of sp³-hybridized carbons (Fsp3) is 0.100. The van der Waals surface area contributed by atoms with Crippen molar-refractivity contribution in [1.82, 2.24) is 0 Å². The van der Waals surface area contributed by atoms with Gasteiger partial charge in [0.25, 0.3) is 0 Å². The summed E-state index contributed by atoms with van der Waals surface area (Å²) in [6.45, 7) is 14.7. The first-order valence-electron chi connectivity index (χ1n) is 23.1. The molecule has 0 radical (unpaired) electrons. The van der Waals surface area contributed by atoms with Gasteiger partial charge >= 0.3 is 0 Å². The van der Waals surface area contributed by atoms with E-state index in [-0.39, 0.29) is 0 Å². The van der Waals surface area contributed by atoms with Crippen molar-refractivity contribution >= 4 is 115 Å². The maximum absolute atomic E-state index is 7.10. The van der Waals surface area contributed by atoms with Crippen LogP contribution in [0.2, 0.25) is 26.2 Å². The van der Waals surface area contributed by atoms with Crippen LogP contribution >= 0.6 is 0 Å². The molecule has 13 rings (SSSR count). The minimum atomic E-state index is -2.38. The number of hydrogen-bond donors (Lipinski definition) is 0. The zero-order chi connectivity index (χ0) is 44.6. The number of benzene rings is 9. The topological polar surface area (TPSA) is 32.8 Å². The standard InChI is InChI=1S/C60H48N2O2Si2/c1-37-21-13-17-29-45(37)61(39-23-9-7-10-24-39)47-35-53-55(57-41-27-15-19-31-49(41)63-59(47)57)43-33-52-44(34-51(43)65(53,3)4)56-54(66(52,5)6)36-48(60-58(56)42-28-16-20-32-50(42)64-60)62(40-25-11-8-12-26-40)46-30-18-14-22-38(46)2/h7-36H,1-6H3. The van der Waals surface area contributed by atoms with E-state index in [0.29, 0.717) is 0 Å². The Bertz CT molecular complexity index is 3560. The highest BCUT2D eigenvalue weighted by Crippen LogP contribution is 2.51. The summed E-state index contributed by atoms with van der Waals surface area (Å²) in [5.74, 6) is 0. The van der Waals surface area contributed by atoms with E-state index in [9.17, 15) is 0 Å². The Balaban J connectivity index is 1.10. The monoisotopic (exact) mass is 884 g/mol. The van der Waals surface area contributed by atoms with Crippen molar-refractivity contribution < 1.29 is 8.83 Å². The van der Waals surface area contributed by atoms with Gasteiger partial charge in [-0.2, -0.15) is 0 Å². The summed E-state index contributed by atoms with van der Waals surface area (Å²) < 4.78 is 14.2. The van der Waals surface area contributed by atoms with E-state index in [1.165, 1.54) is 64.9 Å². The number of aryl methyl sites for hydroxylation is 2. The summed E-state index contributed by atoms with van der Waals surface area (Å²) in [6, 6.07) is 66.6. The molecule has 2 aliphatic heterocycles. The zero-order valence-electron chi connectivity index (χ0n) is 38.0. The molecule has 2 aromatic heterocycles. The molecule has 0 spiro atoms. The van der Waals surface area contributed by atoms with Crippen molar-refractivity contribution in [3.63, 3.8) is 0 Å². The van der Waals surface area contributed by atoms with Gasteiger partial charge in [0.15, 0.2) is 11.2 Å². The minimum Gasteiger partial charge on any atom is -0.454 e. The molecular formula is C60H48N2O2Si2. The van der Waals surface area contributed by atoms with E-state index in [1.54, 1.807) is 0 Å². The molecule has 9 aromatic carbocycles. The van der Waals surface area contributed by atoms with Gasteiger partial charge in [-0.05, 0) is 129 Å². The molecule has 0 saturated carbocycles. The predicted molar refractivity (Wildman–Crippen MR) is 284 cm³/mol. The highest BCUT2D eigenvalue weighted by molar-refractivity contribution is 7.06. The average Bonchev–Trinajstić information content (AvgIpc) is 4.04. The lowest BCUT2D eigenvalue weighted by atomic mass is 9.94. The van der Waals surface area contributed by atoms with Crippen LogP contribution < -0.4 is 30.5 Å². The minimum absolute atomic E-state index is 0.912. The summed E-state index contributed by atoms with van der Waals surface area (Å²) in [7, 11) is -4.75. The molecule has 0 unspecified atom stereocenters. The second-order valence-electron chi connectivity index (χ2n) is 19.3. The molecular weight excluding hydrogens is 837 g/mol. The average molecular weight is 885 g/mol. The maximum atomic E-state index is 7.10. The number of anilines is 6. The fourth-order valence-corrected chi connectivity index (χ4v) is 17.7. The molecule has 0 atom stereocenters. The number of nitrogens with zero attached hydrogens (tertiary/aromatic N) is 2. The van der Waals surface area contributed by atoms with E-state index in [0.717, 1.165) is 67.2 Å². The van der Waals surface area contributed by atoms with Gasteiger partial charge in [-0.1, -0.05) is 148 Å². The first kappa shape index (κ1) is 39.0. The molecule has 0 bridgehead atoms. The second kappa shape index (κ2) is 14.1. The Morgan fingerprint density at radius 3 is 1.14 bits per heavy atom. The van der Waals surface area contributed by atoms with Crippen molar-refractivity contribution in [2.24, 2.45) is 0 Å². The molecule has 0 fully saturated rings. The highest BCUT2D eigenvalue weighted by Gasteiger charge is 2.47. The van der Waals surface area contributed by atoms with Crippen LogP contribution in [0.4, 0.5) is 34.1 Å². The van der Waals surface area contributed by atoms with Crippen LogP contribution in [0.1, 0.15) is 11.1 Å². The summed E-state index contributed by atoms with van der Waals surface area (Å²) >= 11 is 0. The maximum Gasteiger partial charge on any atom is 0.160 e. The lowest BCUT2D eigenvalue weighted by Crippen LogP contribution is -2.51. The van der Waals surface area contributed by atoms with Gasteiger partial charge in [0, 0.05) is 44.3 Å². The van der Waals surface area contributed by atoms with Crippen LogP contribution in [0.15, 0.2) is 191 Å². The number of fused-ring (bicyclic) bond motifs is 14. The Morgan fingerprint density at radius 1 is 0.364 bits per heavy atom. The van der Waals surface area contributed by atoms with Crippen molar-refractivity contribution in [3.8, 4) is 22.3 Å². The van der Waals surface area contributed by atoms with Crippen LogP contribution in [-0.2, 0) is 0 Å². The first-order valence-corrected chi connectivity index (χ1v) is 29.1. The normalized spacial score (nSPS) is 14.2. The SMILES string of the molecule is Cc1ccccc1N(c1ccccc1)c1cc2c(c3c1oc1ccccc13)-c1cc3c(cc1[Si]2(C)C)-c1c(cc(N(c2ccccc2)c2ccccc2C)c2oc4ccccc4c12)[Si]3(C)C. The summed E-state index contributed by atoms with van der Waals surface area (Å²) in [5.41, 5.74) is 18.2. The van der Waals surface area contributed by atoms with Crippen LogP contribution in [-0.4, -0.2) is 16.1 Å². The van der Waals surface area contributed by atoms with Gasteiger partial charge in [-0.3, -0.25) is 0 Å². The van der Waals surface area contributed by atoms with Crippen molar-refractivity contribution in [2.45, 2.75) is 40.0 Å². The Morgan fingerprint density at radius 2 is 0.727 bits per heavy atom. The molecule has 11 aromatic rings. The van der Waals surface area contributed by atoms with Crippen LogP contribution in [0.25, 0.3) is 66.1 Å². The lowest BCUT2D eigenvalue weighted by Gasteiger charge is -2.29. The Labute approximate surface area is 387 Å². The molecule has 0 amide bonds. The van der Waals surface area contributed by atoms with Gasteiger partial charge in [-0.15, -0.1) is 0 Å². The van der Waals surface area contributed by atoms with Gasteiger partial charge in [0.1, 0.15) is 27.3 Å². The van der Waals surface area contributed by atoms with E-state index in [1.807, 2.05) is 0 Å². The summed E-state index contributed by atoms with van der Waals surface area (Å²) in [6.07, 6.45) is 0. The van der Waals surface area contributed by atoms with E-state index >= 15 is 0 Å². The molecule has 318 valence electrons. The quantitative estimate of drug-likeness (QED) is 0.156. The molecule has 0 aliphatic carbocycles. The lowest BCUT2D eigenvalue weighted by molar-refractivity contribution is 0.669.